The predicted molar refractivity (Wildman–Crippen MR) is 100 cm³/mol. The van der Waals surface area contributed by atoms with Crippen molar-refractivity contribution in [2.75, 3.05) is 12.4 Å². The molecule has 0 atom stereocenters. The van der Waals surface area contributed by atoms with Gasteiger partial charge < -0.3 is 4.74 Å². The van der Waals surface area contributed by atoms with Crippen LogP contribution in [-0.4, -0.2) is 32.5 Å². The second-order valence-corrected chi connectivity index (χ2v) is 8.57. The van der Waals surface area contributed by atoms with E-state index in [1.165, 1.54) is 0 Å². The number of benzene rings is 2. The zero-order valence-electron chi connectivity index (χ0n) is 13.8. The van der Waals surface area contributed by atoms with E-state index in [4.69, 9.17) is 23.2 Å². The lowest BCUT2D eigenvalue weighted by molar-refractivity contribution is -0.145. The zero-order valence-corrected chi connectivity index (χ0v) is 16.1. The molecule has 0 aliphatic rings. The van der Waals surface area contributed by atoms with Gasteiger partial charge in [0.1, 0.15) is 11.0 Å². The van der Waals surface area contributed by atoms with Crippen molar-refractivity contribution in [3.63, 3.8) is 0 Å². The normalized spacial score (nSPS) is 11.4. The van der Waals surface area contributed by atoms with E-state index in [2.05, 4.69) is 4.74 Å². The van der Waals surface area contributed by atoms with Gasteiger partial charge >= 0.3 is 5.97 Å². The molecule has 138 valence electrons. The van der Waals surface area contributed by atoms with E-state index in [0.29, 0.717) is 21.2 Å². The maximum Gasteiger partial charge on any atom is 0.303 e. The number of carbonyl (C=O) groups excluding carboxylic acids is 2. The molecule has 0 saturated carbocycles. The minimum absolute atomic E-state index is 0.465. The first-order valence-corrected chi connectivity index (χ1v) is 10.0. The molecule has 0 N–H and O–H groups in total. The van der Waals surface area contributed by atoms with Crippen molar-refractivity contribution in [3.05, 3.63) is 69.7 Å². The molecule has 2 aromatic rings. The lowest BCUT2D eigenvalue weighted by atomic mass is 10.0. The molecule has 2 aromatic carbocycles. The number of sulfone groups is 1. The fourth-order valence-electron chi connectivity index (χ4n) is 2.41. The van der Waals surface area contributed by atoms with Crippen molar-refractivity contribution in [1.82, 2.24) is 0 Å². The molecule has 0 amide bonds. The van der Waals surface area contributed by atoms with E-state index in [1.807, 2.05) is 0 Å². The number of hydrogen-bond donors (Lipinski definition) is 0. The summed E-state index contributed by atoms with van der Waals surface area (Å²) >= 11 is 11.8. The van der Waals surface area contributed by atoms with Crippen LogP contribution < -0.4 is 0 Å². The Balaban J connectivity index is 2.39. The number of hydrogen-bond acceptors (Lipinski definition) is 5. The number of Topliss-reactive ketones (excluding diaryl/α,β-unsaturated/α-hetero) is 1. The highest BCUT2D eigenvalue weighted by molar-refractivity contribution is 7.92. The lowest BCUT2D eigenvalue weighted by Gasteiger charge is -2.19. The van der Waals surface area contributed by atoms with Crippen LogP contribution in [0.25, 0.3) is 0 Å². The Hall–Kier alpha value is -1.89. The van der Waals surface area contributed by atoms with E-state index in [0.717, 1.165) is 6.92 Å². The number of halogens is 2. The third kappa shape index (κ3) is 5.56. The van der Waals surface area contributed by atoms with Gasteiger partial charge in [-0.15, -0.1) is 0 Å². The van der Waals surface area contributed by atoms with E-state index >= 15 is 0 Å². The summed E-state index contributed by atoms with van der Waals surface area (Å²) in [6.07, 6.45) is 0. The monoisotopic (exact) mass is 414 g/mol. The predicted octanol–water partition coefficient (Wildman–Crippen LogP) is 3.63. The molecule has 0 heterocycles. The molecule has 0 saturated heterocycles. The summed E-state index contributed by atoms with van der Waals surface area (Å²) in [5, 5.41) is -0.141. The number of esters is 1. The van der Waals surface area contributed by atoms with Crippen molar-refractivity contribution in [1.29, 1.82) is 0 Å². The minimum Gasteiger partial charge on any atom is -0.458 e. The van der Waals surface area contributed by atoms with Gasteiger partial charge in [-0.1, -0.05) is 47.5 Å². The first-order valence-electron chi connectivity index (χ1n) is 7.56. The Morgan fingerprint density at radius 3 is 1.73 bits per heavy atom. The van der Waals surface area contributed by atoms with Crippen LogP contribution in [0, 0.1) is 0 Å². The van der Waals surface area contributed by atoms with Gasteiger partial charge in [-0.05, 0) is 35.4 Å². The second-order valence-electron chi connectivity index (χ2n) is 5.61. The van der Waals surface area contributed by atoms with E-state index in [9.17, 15) is 18.0 Å². The molecule has 0 radical (unpaired) electrons. The number of carbonyl (C=O) groups is 2. The number of ketones is 1. The Bertz CT molecular complexity index is 845. The summed E-state index contributed by atoms with van der Waals surface area (Å²) in [5.74, 6) is -2.10. The van der Waals surface area contributed by atoms with Gasteiger partial charge in [0, 0.05) is 17.0 Å². The molecule has 0 aromatic heterocycles. The van der Waals surface area contributed by atoms with Gasteiger partial charge in [0.2, 0.25) is 0 Å². The Labute approximate surface area is 161 Å². The van der Waals surface area contributed by atoms with Gasteiger partial charge in [0.05, 0.1) is 0 Å². The minimum atomic E-state index is -3.93. The second kappa shape index (κ2) is 8.66. The fraction of sp³-hybridized carbons (Fsp3) is 0.222. The third-order valence-corrected chi connectivity index (χ3v) is 5.99. The highest BCUT2D eigenvalue weighted by Gasteiger charge is 2.31. The standard InChI is InChI=1S/C18H16Cl2O5S/c1-12(21)25-10-17(22)11-26(23,24)18(13-2-6-15(19)7-3-13)14-4-8-16(20)9-5-14/h2-9,18H,10-11H2,1H3. The molecular weight excluding hydrogens is 399 g/mol. The van der Waals surface area contributed by atoms with Gasteiger partial charge in [-0.3, -0.25) is 9.59 Å². The van der Waals surface area contributed by atoms with Crippen molar-refractivity contribution >= 4 is 44.8 Å². The molecule has 5 nitrogen and oxygen atoms in total. The molecule has 26 heavy (non-hydrogen) atoms. The smallest absolute Gasteiger partial charge is 0.303 e. The van der Waals surface area contributed by atoms with Gasteiger partial charge in [-0.2, -0.15) is 0 Å². The average Bonchev–Trinajstić information content (AvgIpc) is 2.56. The Kier molecular flexibility index (Phi) is 6.81. The molecular formula is C18H16Cl2O5S. The number of ether oxygens (including phenoxy) is 1. The maximum absolute atomic E-state index is 12.9. The molecule has 8 heteroatoms. The Morgan fingerprint density at radius 1 is 0.923 bits per heavy atom. The van der Waals surface area contributed by atoms with Gasteiger partial charge in [0.15, 0.2) is 22.2 Å². The molecule has 0 aliphatic carbocycles. The highest BCUT2D eigenvalue weighted by atomic mass is 35.5. The summed E-state index contributed by atoms with van der Waals surface area (Å²) in [5.41, 5.74) is 0.939. The van der Waals surface area contributed by atoms with Crippen LogP contribution >= 0.6 is 23.2 Å². The SMILES string of the molecule is CC(=O)OCC(=O)CS(=O)(=O)C(c1ccc(Cl)cc1)c1ccc(Cl)cc1. The first kappa shape index (κ1) is 20.4. The number of rotatable bonds is 7. The van der Waals surface area contributed by atoms with Crippen molar-refractivity contribution in [2.45, 2.75) is 12.2 Å². The first-order chi connectivity index (χ1) is 12.2. The highest BCUT2D eigenvalue weighted by Crippen LogP contribution is 2.32. The molecule has 0 bridgehead atoms. The van der Waals surface area contributed by atoms with E-state index in [1.54, 1.807) is 48.5 Å². The van der Waals surface area contributed by atoms with Crippen LogP contribution in [0.4, 0.5) is 0 Å². The summed E-state index contributed by atoms with van der Waals surface area (Å²) in [6.45, 7) is 0.564. The summed E-state index contributed by atoms with van der Waals surface area (Å²) in [6, 6.07) is 12.7. The lowest BCUT2D eigenvalue weighted by Crippen LogP contribution is -2.26. The average molecular weight is 415 g/mol. The van der Waals surface area contributed by atoms with Crippen LogP contribution in [0.2, 0.25) is 10.0 Å². The van der Waals surface area contributed by atoms with Gasteiger partial charge in [0.25, 0.3) is 0 Å². The molecule has 0 fully saturated rings. The fourth-order valence-corrected chi connectivity index (χ4v) is 4.51. The van der Waals surface area contributed by atoms with Crippen LogP contribution in [0.3, 0.4) is 0 Å². The largest absolute Gasteiger partial charge is 0.458 e. The summed E-state index contributed by atoms with van der Waals surface area (Å²) in [7, 11) is -3.93. The van der Waals surface area contributed by atoms with Crippen molar-refractivity contribution in [2.24, 2.45) is 0 Å². The summed E-state index contributed by atoms with van der Waals surface area (Å²) < 4.78 is 30.4. The van der Waals surface area contributed by atoms with E-state index in [-0.39, 0.29) is 0 Å². The van der Waals surface area contributed by atoms with Crippen LogP contribution in [0.15, 0.2) is 48.5 Å². The van der Waals surface area contributed by atoms with Crippen LogP contribution in [0.5, 0.6) is 0 Å². The maximum atomic E-state index is 12.9. The van der Waals surface area contributed by atoms with E-state index < -0.39 is 39.2 Å². The van der Waals surface area contributed by atoms with Crippen LogP contribution in [0.1, 0.15) is 23.3 Å². The molecule has 0 aliphatic heterocycles. The molecule has 2 rings (SSSR count). The Morgan fingerprint density at radius 2 is 1.35 bits per heavy atom. The molecule has 0 spiro atoms. The zero-order chi connectivity index (χ0) is 19.3. The third-order valence-electron chi connectivity index (χ3n) is 3.50. The quantitative estimate of drug-likeness (QED) is 0.646. The van der Waals surface area contributed by atoms with Crippen molar-refractivity contribution in [3.8, 4) is 0 Å². The van der Waals surface area contributed by atoms with Crippen molar-refractivity contribution < 1.29 is 22.7 Å². The van der Waals surface area contributed by atoms with Gasteiger partial charge in [-0.25, -0.2) is 8.42 Å². The van der Waals surface area contributed by atoms with Crippen LogP contribution in [-0.2, 0) is 24.2 Å². The summed E-state index contributed by atoms with van der Waals surface area (Å²) in [4.78, 5) is 22.7. The molecule has 0 unspecified atom stereocenters. The topological polar surface area (TPSA) is 77.5 Å².